The number of nitrogens with two attached hydrogens (primary N) is 1. The highest BCUT2D eigenvalue weighted by Gasteiger charge is 2.30. The monoisotopic (exact) mass is 357 g/mol. The lowest BCUT2D eigenvalue weighted by Gasteiger charge is -2.12. The first-order valence-electron chi connectivity index (χ1n) is 7.31. The molecule has 0 fully saturated rings. The van der Waals surface area contributed by atoms with Crippen LogP contribution in [0.5, 0.6) is 0 Å². The highest BCUT2D eigenvalue weighted by molar-refractivity contribution is 6.30. The van der Waals surface area contributed by atoms with Crippen molar-refractivity contribution in [3.05, 3.63) is 64.7 Å². The molecule has 0 aliphatic heterocycles. The van der Waals surface area contributed by atoms with Gasteiger partial charge in [-0.2, -0.15) is 13.2 Å². The normalized spacial score (nSPS) is 12.7. The Kier molecular flexibility index (Phi) is 5.85. The largest absolute Gasteiger partial charge is 0.416 e. The summed E-state index contributed by atoms with van der Waals surface area (Å²) < 4.78 is 38.0. The summed E-state index contributed by atoms with van der Waals surface area (Å²) in [6, 6.07) is 11.3. The second-order valence-corrected chi connectivity index (χ2v) is 5.86. The molecule has 128 valence electrons. The summed E-state index contributed by atoms with van der Waals surface area (Å²) in [5.74, 6) is -0.232. The molecule has 0 bridgehead atoms. The van der Waals surface area contributed by atoms with Gasteiger partial charge in [0.25, 0.3) is 5.91 Å². The number of alkyl halides is 3. The summed E-state index contributed by atoms with van der Waals surface area (Å²) in [5.41, 5.74) is 0.436. The minimum atomic E-state index is -4.37. The first-order valence-corrected chi connectivity index (χ1v) is 7.69. The van der Waals surface area contributed by atoms with Crippen LogP contribution in [0.15, 0.2) is 48.5 Å². The Hall–Kier alpha value is -2.05. The lowest BCUT2D eigenvalue weighted by Crippen LogP contribution is -2.90. The quantitative estimate of drug-likeness (QED) is 0.846. The molecule has 0 saturated carbocycles. The summed E-state index contributed by atoms with van der Waals surface area (Å²) in [7, 11) is 0. The predicted molar refractivity (Wildman–Crippen MR) is 86.6 cm³/mol. The smallest absolute Gasteiger partial charge is 0.333 e. The topological polar surface area (TPSA) is 45.7 Å². The highest BCUT2D eigenvalue weighted by Crippen LogP contribution is 2.29. The summed E-state index contributed by atoms with van der Waals surface area (Å²) in [6.07, 6.45) is -4.37. The Bertz CT molecular complexity index is 702. The van der Waals surface area contributed by atoms with Gasteiger partial charge in [0.15, 0.2) is 6.04 Å². The Balaban J connectivity index is 1.91. The molecule has 0 aliphatic rings. The van der Waals surface area contributed by atoms with Gasteiger partial charge in [-0.1, -0.05) is 23.7 Å². The third-order valence-corrected chi connectivity index (χ3v) is 3.74. The van der Waals surface area contributed by atoms with Crippen LogP contribution in [0.1, 0.15) is 18.1 Å². The fourth-order valence-electron chi connectivity index (χ4n) is 2.08. The van der Waals surface area contributed by atoms with Gasteiger partial charge in [-0.15, -0.1) is 0 Å². The highest BCUT2D eigenvalue weighted by atomic mass is 35.5. The van der Waals surface area contributed by atoms with E-state index in [-0.39, 0.29) is 12.5 Å². The second-order valence-electron chi connectivity index (χ2n) is 5.42. The Morgan fingerprint density at radius 2 is 1.88 bits per heavy atom. The van der Waals surface area contributed by atoms with Gasteiger partial charge in [-0.05, 0) is 43.3 Å². The molecule has 0 spiro atoms. The Morgan fingerprint density at radius 3 is 2.50 bits per heavy atom. The molecule has 0 aliphatic carbocycles. The van der Waals surface area contributed by atoms with Crippen LogP contribution in [-0.2, 0) is 17.5 Å². The van der Waals surface area contributed by atoms with Crippen molar-refractivity contribution in [1.29, 1.82) is 0 Å². The lowest BCUT2D eigenvalue weighted by atomic mass is 10.1. The van der Waals surface area contributed by atoms with Crippen molar-refractivity contribution in [3.63, 3.8) is 0 Å². The number of rotatable bonds is 5. The van der Waals surface area contributed by atoms with Gasteiger partial charge in [0.2, 0.25) is 0 Å². The zero-order valence-electron chi connectivity index (χ0n) is 12.9. The number of quaternary nitrogens is 1. The molecule has 0 saturated heterocycles. The molecule has 24 heavy (non-hydrogen) atoms. The van der Waals surface area contributed by atoms with Crippen LogP contribution in [0.4, 0.5) is 18.9 Å². The minimum Gasteiger partial charge on any atom is -0.333 e. The minimum absolute atomic E-state index is 0.232. The van der Waals surface area contributed by atoms with Crippen molar-refractivity contribution in [3.8, 4) is 0 Å². The maximum atomic E-state index is 12.7. The summed E-state index contributed by atoms with van der Waals surface area (Å²) in [6.45, 7) is 1.97. The van der Waals surface area contributed by atoms with E-state index in [4.69, 9.17) is 11.6 Å². The number of nitrogens with one attached hydrogen (secondary N) is 1. The van der Waals surface area contributed by atoms with Gasteiger partial charge in [-0.25, -0.2) is 0 Å². The van der Waals surface area contributed by atoms with E-state index in [1.807, 2.05) is 0 Å². The number of hydrogen-bond acceptors (Lipinski definition) is 1. The van der Waals surface area contributed by atoms with E-state index >= 15 is 0 Å². The van der Waals surface area contributed by atoms with Crippen LogP contribution in [0, 0.1) is 0 Å². The molecule has 7 heteroatoms. The van der Waals surface area contributed by atoms with E-state index in [1.165, 1.54) is 6.07 Å². The molecular weight excluding hydrogens is 341 g/mol. The van der Waals surface area contributed by atoms with E-state index < -0.39 is 17.8 Å². The number of halogens is 4. The summed E-state index contributed by atoms with van der Waals surface area (Å²) in [4.78, 5) is 12.1. The van der Waals surface area contributed by atoms with Crippen LogP contribution in [0.2, 0.25) is 5.02 Å². The average molecular weight is 358 g/mol. The van der Waals surface area contributed by atoms with Crippen molar-refractivity contribution < 1.29 is 23.3 Å². The number of carbonyl (C=O) groups excluding carboxylic acids is 1. The Morgan fingerprint density at radius 1 is 1.21 bits per heavy atom. The number of hydrogen-bond donors (Lipinski definition) is 2. The molecule has 1 atom stereocenters. The van der Waals surface area contributed by atoms with Crippen LogP contribution < -0.4 is 10.6 Å². The van der Waals surface area contributed by atoms with E-state index in [9.17, 15) is 18.0 Å². The van der Waals surface area contributed by atoms with Gasteiger partial charge in [-0.3, -0.25) is 4.79 Å². The summed E-state index contributed by atoms with van der Waals surface area (Å²) in [5, 5.41) is 4.98. The van der Waals surface area contributed by atoms with Crippen molar-refractivity contribution >= 4 is 23.2 Å². The van der Waals surface area contributed by atoms with Crippen molar-refractivity contribution in [2.24, 2.45) is 0 Å². The molecule has 2 aromatic carbocycles. The van der Waals surface area contributed by atoms with Crippen molar-refractivity contribution in [2.45, 2.75) is 25.7 Å². The van der Waals surface area contributed by atoms with Crippen LogP contribution in [0.25, 0.3) is 0 Å². The molecule has 0 radical (unpaired) electrons. The maximum Gasteiger partial charge on any atom is 0.416 e. The first-order chi connectivity index (χ1) is 11.3. The maximum absolute atomic E-state index is 12.7. The number of carbonyl (C=O) groups is 1. The third kappa shape index (κ3) is 5.25. The molecule has 2 aromatic rings. The molecule has 3 N–H and O–H groups in total. The van der Waals surface area contributed by atoms with Gasteiger partial charge in [0.1, 0.15) is 6.54 Å². The van der Waals surface area contributed by atoms with Crippen LogP contribution in [0.3, 0.4) is 0 Å². The summed E-state index contributed by atoms with van der Waals surface area (Å²) >= 11 is 5.77. The zero-order valence-corrected chi connectivity index (χ0v) is 13.7. The number of amides is 1. The van der Waals surface area contributed by atoms with Gasteiger partial charge in [0, 0.05) is 16.3 Å². The Labute approximate surface area is 142 Å². The van der Waals surface area contributed by atoms with Crippen molar-refractivity contribution in [1.82, 2.24) is 0 Å². The average Bonchev–Trinajstić information content (AvgIpc) is 2.54. The molecule has 0 aromatic heterocycles. The SMILES string of the molecule is C[C@H]([NH2+]Cc1cccc(C(F)(F)F)c1)C(=O)Nc1ccc(Cl)cc1. The number of benzene rings is 2. The standard InChI is InChI=1S/C17H16ClF3N2O/c1-11(16(24)23-15-7-5-14(18)6-8-15)22-10-12-3-2-4-13(9-12)17(19,20)21/h2-9,11,22H,10H2,1H3,(H,23,24)/p+1/t11-/m0/s1. The number of anilines is 1. The fraction of sp³-hybridized carbons (Fsp3) is 0.235. The van der Waals surface area contributed by atoms with Gasteiger partial charge in [0.05, 0.1) is 5.56 Å². The third-order valence-electron chi connectivity index (χ3n) is 3.49. The molecule has 1 amide bonds. The zero-order chi connectivity index (χ0) is 17.7. The van der Waals surface area contributed by atoms with Gasteiger partial charge >= 0.3 is 6.18 Å². The van der Waals surface area contributed by atoms with Crippen LogP contribution >= 0.6 is 11.6 Å². The van der Waals surface area contributed by atoms with E-state index in [1.54, 1.807) is 42.6 Å². The fourth-order valence-corrected chi connectivity index (χ4v) is 2.21. The lowest BCUT2D eigenvalue weighted by molar-refractivity contribution is -0.688. The van der Waals surface area contributed by atoms with Crippen molar-refractivity contribution in [2.75, 3.05) is 5.32 Å². The predicted octanol–water partition coefficient (Wildman–Crippen LogP) is 3.45. The van der Waals surface area contributed by atoms with Crippen LogP contribution in [-0.4, -0.2) is 11.9 Å². The molecular formula is C17H17ClF3N2O+. The second kappa shape index (κ2) is 7.68. The molecule has 2 rings (SSSR count). The van der Waals surface area contributed by atoms with E-state index in [0.717, 1.165) is 12.1 Å². The first kappa shape index (κ1) is 18.3. The molecule has 3 nitrogen and oxygen atoms in total. The van der Waals surface area contributed by atoms with Gasteiger partial charge < -0.3 is 10.6 Å². The molecule has 0 heterocycles. The molecule has 0 unspecified atom stereocenters. The van der Waals surface area contributed by atoms with E-state index in [2.05, 4.69) is 5.32 Å². The van der Waals surface area contributed by atoms with E-state index in [0.29, 0.717) is 16.3 Å².